The molecule has 23 heavy (non-hydrogen) atoms. The first kappa shape index (κ1) is 17.4. The molecule has 0 aromatic heterocycles. The minimum atomic E-state index is -4.36. The summed E-state index contributed by atoms with van der Waals surface area (Å²) >= 11 is 0. The van der Waals surface area contributed by atoms with Gasteiger partial charge in [-0.15, -0.1) is 0 Å². The molecule has 0 bridgehead atoms. The molecule has 1 aliphatic rings. The van der Waals surface area contributed by atoms with Gasteiger partial charge >= 0.3 is 6.18 Å². The number of alkyl halides is 3. The van der Waals surface area contributed by atoms with Gasteiger partial charge in [0.05, 0.1) is 6.54 Å². The molecule has 128 valence electrons. The molecule has 0 amide bonds. The fourth-order valence-electron chi connectivity index (χ4n) is 2.50. The van der Waals surface area contributed by atoms with E-state index >= 15 is 0 Å². The molecule has 1 aromatic carbocycles. The fraction of sp³-hybridized carbons (Fsp3) is 0.562. The Kier molecular flexibility index (Phi) is 6.12. The number of aliphatic imine (C=N–C) groups is 1. The largest absolute Gasteiger partial charge is 0.484 e. The van der Waals surface area contributed by atoms with Crippen molar-refractivity contribution in [3.63, 3.8) is 0 Å². The zero-order valence-electron chi connectivity index (χ0n) is 13.0. The monoisotopic (exact) mass is 329 g/mol. The number of hydrogen-bond acceptors (Lipinski definition) is 2. The Hall–Kier alpha value is -1.92. The summed E-state index contributed by atoms with van der Waals surface area (Å²) in [6.07, 6.45) is 0.195. The summed E-state index contributed by atoms with van der Waals surface area (Å²) in [7, 11) is 0. The highest BCUT2D eigenvalue weighted by molar-refractivity contribution is 5.78. The van der Waals surface area contributed by atoms with Crippen LogP contribution < -0.4 is 10.5 Å². The molecule has 1 saturated heterocycles. The van der Waals surface area contributed by atoms with Crippen molar-refractivity contribution >= 4 is 5.96 Å². The third-order valence-electron chi connectivity index (χ3n) is 3.71. The van der Waals surface area contributed by atoms with Gasteiger partial charge in [-0.3, -0.25) is 0 Å². The number of benzene rings is 1. The average Bonchev–Trinajstić information content (AvgIpc) is 2.80. The number of rotatable bonds is 4. The van der Waals surface area contributed by atoms with E-state index in [4.69, 9.17) is 10.5 Å². The van der Waals surface area contributed by atoms with Crippen LogP contribution in [0.2, 0.25) is 0 Å². The lowest BCUT2D eigenvalue weighted by atomic mass is 10.2. The number of nitrogens with zero attached hydrogens (tertiary/aromatic N) is 2. The van der Waals surface area contributed by atoms with Gasteiger partial charge in [0.2, 0.25) is 0 Å². The second kappa shape index (κ2) is 8.08. The van der Waals surface area contributed by atoms with E-state index in [-0.39, 0.29) is 12.3 Å². The van der Waals surface area contributed by atoms with E-state index in [0.717, 1.165) is 25.9 Å². The average molecular weight is 329 g/mol. The number of para-hydroxylation sites is 1. The van der Waals surface area contributed by atoms with Gasteiger partial charge in [-0.25, -0.2) is 4.99 Å². The van der Waals surface area contributed by atoms with Crippen LogP contribution in [0.4, 0.5) is 13.2 Å². The molecule has 1 aromatic rings. The van der Waals surface area contributed by atoms with Gasteiger partial charge in [0, 0.05) is 18.7 Å². The van der Waals surface area contributed by atoms with Crippen molar-refractivity contribution in [2.24, 2.45) is 10.7 Å². The molecule has 0 radical (unpaired) electrons. The summed E-state index contributed by atoms with van der Waals surface area (Å²) in [5.74, 6) is 0.634. The second-order valence-corrected chi connectivity index (χ2v) is 5.59. The lowest BCUT2D eigenvalue weighted by Gasteiger charge is -2.21. The summed E-state index contributed by atoms with van der Waals surface area (Å²) in [5, 5.41) is 0. The molecule has 2 N–H and O–H groups in total. The highest BCUT2D eigenvalue weighted by Gasteiger charge is 2.28. The highest BCUT2D eigenvalue weighted by Crippen LogP contribution is 2.22. The molecular formula is C16H22F3N3O. The van der Waals surface area contributed by atoms with Crippen LogP contribution in [0.15, 0.2) is 29.3 Å². The lowest BCUT2D eigenvalue weighted by molar-refractivity contribution is -0.153. The van der Waals surface area contributed by atoms with Crippen molar-refractivity contribution < 1.29 is 17.9 Å². The number of halogens is 3. The first-order valence-electron chi connectivity index (χ1n) is 7.78. The van der Waals surface area contributed by atoms with Crippen LogP contribution in [-0.2, 0) is 6.54 Å². The quantitative estimate of drug-likeness (QED) is 0.681. The standard InChI is InChI=1S/C16H22F3N3O/c17-16(18,19)12-23-14-8-4-3-7-13(14)11-21-15(20)22-9-5-1-2-6-10-22/h3-4,7-8H,1-2,5-6,9-12H2,(H2,20,21). The second-order valence-electron chi connectivity index (χ2n) is 5.59. The minimum Gasteiger partial charge on any atom is -0.484 e. The number of guanidine groups is 1. The molecule has 0 aliphatic carbocycles. The summed E-state index contributed by atoms with van der Waals surface area (Å²) in [6, 6.07) is 6.59. The molecule has 7 heteroatoms. The van der Waals surface area contributed by atoms with Crippen LogP contribution in [-0.4, -0.2) is 36.7 Å². The van der Waals surface area contributed by atoms with Gasteiger partial charge < -0.3 is 15.4 Å². The molecule has 0 spiro atoms. The van der Waals surface area contributed by atoms with E-state index in [1.807, 2.05) is 4.90 Å². The number of nitrogens with two attached hydrogens (primary N) is 1. The molecule has 1 fully saturated rings. The summed E-state index contributed by atoms with van der Waals surface area (Å²) in [4.78, 5) is 6.36. The Bertz CT molecular complexity index is 524. The minimum absolute atomic E-state index is 0.192. The van der Waals surface area contributed by atoms with Crippen molar-refractivity contribution in [2.45, 2.75) is 38.4 Å². The Morgan fingerprint density at radius 1 is 1.13 bits per heavy atom. The van der Waals surface area contributed by atoms with Crippen LogP contribution >= 0.6 is 0 Å². The Labute approximate surface area is 134 Å². The van der Waals surface area contributed by atoms with Gasteiger partial charge in [0.15, 0.2) is 12.6 Å². The molecule has 0 saturated carbocycles. The van der Waals surface area contributed by atoms with E-state index < -0.39 is 12.8 Å². The predicted octanol–water partition coefficient (Wildman–Crippen LogP) is 3.32. The molecule has 4 nitrogen and oxygen atoms in total. The van der Waals surface area contributed by atoms with Crippen LogP contribution in [0.5, 0.6) is 5.75 Å². The van der Waals surface area contributed by atoms with E-state index in [1.165, 1.54) is 18.9 Å². The zero-order valence-corrected chi connectivity index (χ0v) is 13.0. The highest BCUT2D eigenvalue weighted by atomic mass is 19.4. The smallest absolute Gasteiger partial charge is 0.422 e. The Morgan fingerprint density at radius 2 is 1.78 bits per heavy atom. The topological polar surface area (TPSA) is 50.9 Å². The van der Waals surface area contributed by atoms with E-state index in [0.29, 0.717) is 11.5 Å². The molecule has 0 unspecified atom stereocenters. The Balaban J connectivity index is 2.00. The summed E-state index contributed by atoms with van der Waals surface area (Å²) in [6.45, 7) is 0.648. The third kappa shape index (κ3) is 6.00. The number of likely N-dealkylation sites (tertiary alicyclic amines) is 1. The summed E-state index contributed by atoms with van der Waals surface area (Å²) in [5.41, 5.74) is 6.61. The first-order chi connectivity index (χ1) is 11.0. The first-order valence-corrected chi connectivity index (χ1v) is 7.78. The normalized spacial score (nSPS) is 17.0. The number of ether oxygens (including phenoxy) is 1. The van der Waals surface area contributed by atoms with E-state index in [1.54, 1.807) is 18.2 Å². The zero-order chi connectivity index (χ0) is 16.7. The van der Waals surface area contributed by atoms with Crippen LogP contribution in [0.25, 0.3) is 0 Å². The van der Waals surface area contributed by atoms with Crippen molar-refractivity contribution in [3.8, 4) is 5.75 Å². The fourth-order valence-corrected chi connectivity index (χ4v) is 2.50. The van der Waals surface area contributed by atoms with Crippen molar-refractivity contribution in [1.29, 1.82) is 0 Å². The van der Waals surface area contributed by atoms with E-state index in [2.05, 4.69) is 4.99 Å². The van der Waals surface area contributed by atoms with Crippen molar-refractivity contribution in [2.75, 3.05) is 19.7 Å². The van der Waals surface area contributed by atoms with Crippen LogP contribution in [0, 0.1) is 0 Å². The maximum Gasteiger partial charge on any atom is 0.422 e. The maximum atomic E-state index is 12.3. The van der Waals surface area contributed by atoms with E-state index in [9.17, 15) is 13.2 Å². The van der Waals surface area contributed by atoms with Gasteiger partial charge in [-0.2, -0.15) is 13.2 Å². The van der Waals surface area contributed by atoms with Crippen LogP contribution in [0.1, 0.15) is 31.2 Å². The lowest BCUT2D eigenvalue weighted by Crippen LogP contribution is -2.38. The number of hydrogen-bond donors (Lipinski definition) is 1. The molecule has 0 atom stereocenters. The molecule has 1 heterocycles. The molecule has 1 aliphatic heterocycles. The third-order valence-corrected chi connectivity index (χ3v) is 3.71. The van der Waals surface area contributed by atoms with Gasteiger partial charge in [0.25, 0.3) is 0 Å². The Morgan fingerprint density at radius 3 is 2.43 bits per heavy atom. The predicted molar refractivity (Wildman–Crippen MR) is 83.4 cm³/mol. The summed E-state index contributed by atoms with van der Waals surface area (Å²) < 4.78 is 41.7. The van der Waals surface area contributed by atoms with Gasteiger partial charge in [0.1, 0.15) is 5.75 Å². The maximum absolute atomic E-state index is 12.3. The van der Waals surface area contributed by atoms with Gasteiger partial charge in [-0.05, 0) is 18.9 Å². The van der Waals surface area contributed by atoms with Crippen molar-refractivity contribution in [3.05, 3.63) is 29.8 Å². The molecule has 2 rings (SSSR count). The molecular weight excluding hydrogens is 307 g/mol. The van der Waals surface area contributed by atoms with Crippen molar-refractivity contribution in [1.82, 2.24) is 4.90 Å². The SMILES string of the molecule is NC(=NCc1ccccc1OCC(F)(F)F)N1CCCCCC1. The van der Waals surface area contributed by atoms with Crippen LogP contribution in [0.3, 0.4) is 0 Å². The van der Waals surface area contributed by atoms with Gasteiger partial charge in [-0.1, -0.05) is 31.0 Å².